The molecule has 2 N–H and O–H groups in total. The lowest BCUT2D eigenvalue weighted by Crippen LogP contribution is -2.47. The fraction of sp³-hybridized carbons (Fsp3) is 0.364. The molecule has 32 heavy (non-hydrogen) atoms. The molecule has 2 aromatic carbocycles. The van der Waals surface area contributed by atoms with Crippen LogP contribution in [0.1, 0.15) is 16.7 Å². The van der Waals surface area contributed by atoms with Gasteiger partial charge in [-0.05, 0) is 43.2 Å². The van der Waals surface area contributed by atoms with E-state index in [1.807, 2.05) is 31.2 Å². The average molecular weight is 462 g/mol. The molecule has 10 heteroatoms. The lowest BCUT2D eigenvalue weighted by Gasteiger charge is -2.23. The predicted molar refractivity (Wildman–Crippen MR) is 117 cm³/mol. The maximum absolute atomic E-state index is 13.1. The molecule has 1 unspecified atom stereocenters. The molecular formula is C22H27N3O6S. The Hall–Kier alpha value is -2.95. The van der Waals surface area contributed by atoms with Crippen molar-refractivity contribution in [3.63, 3.8) is 0 Å². The highest BCUT2D eigenvalue weighted by Crippen LogP contribution is 2.26. The van der Waals surface area contributed by atoms with Crippen LogP contribution in [0.15, 0.2) is 47.4 Å². The van der Waals surface area contributed by atoms with Crippen molar-refractivity contribution in [2.75, 3.05) is 26.8 Å². The van der Waals surface area contributed by atoms with E-state index in [4.69, 9.17) is 9.47 Å². The summed E-state index contributed by atoms with van der Waals surface area (Å²) in [4.78, 5) is 24.3. The van der Waals surface area contributed by atoms with Crippen molar-refractivity contribution >= 4 is 21.8 Å². The van der Waals surface area contributed by atoms with E-state index in [2.05, 4.69) is 10.6 Å². The summed E-state index contributed by atoms with van der Waals surface area (Å²) in [5, 5.41) is 4.99. The number of hydrogen-bond acceptors (Lipinski definition) is 6. The smallest absolute Gasteiger partial charge is 0.309 e. The number of carbonyl (C=O) groups is 2. The van der Waals surface area contributed by atoms with Crippen molar-refractivity contribution < 1.29 is 27.5 Å². The van der Waals surface area contributed by atoms with Gasteiger partial charge in [-0.15, -0.1) is 0 Å². The standard InChI is InChI=1S/C22H27N3O6S/c1-15-4-6-17(7-5-15)13-23-21(26)22(27)24-14-20-25(10-11-31-20)32(28,29)18-8-9-19(30-3)16(2)12-18/h4-9,12,20H,10-11,13-14H2,1-3H3,(H,23,26)(H,24,27). The second-order valence-corrected chi connectivity index (χ2v) is 9.34. The molecule has 0 saturated carbocycles. The first-order valence-electron chi connectivity index (χ1n) is 10.1. The average Bonchev–Trinajstić information content (AvgIpc) is 3.26. The maximum Gasteiger partial charge on any atom is 0.309 e. The summed E-state index contributed by atoms with van der Waals surface area (Å²) in [5.41, 5.74) is 2.64. The van der Waals surface area contributed by atoms with Gasteiger partial charge in [0.1, 0.15) is 12.0 Å². The number of aryl methyl sites for hydroxylation is 2. The van der Waals surface area contributed by atoms with Crippen LogP contribution in [0.5, 0.6) is 5.75 Å². The maximum atomic E-state index is 13.1. The number of hydrogen-bond donors (Lipinski definition) is 2. The Labute approximate surface area is 187 Å². The zero-order valence-electron chi connectivity index (χ0n) is 18.3. The van der Waals surface area contributed by atoms with Gasteiger partial charge in [0.15, 0.2) is 0 Å². The zero-order valence-corrected chi connectivity index (χ0v) is 19.1. The fourth-order valence-corrected chi connectivity index (χ4v) is 4.91. The number of methoxy groups -OCH3 is 1. The second-order valence-electron chi connectivity index (χ2n) is 7.45. The lowest BCUT2D eigenvalue weighted by molar-refractivity contribution is -0.139. The van der Waals surface area contributed by atoms with Crippen molar-refractivity contribution in [2.24, 2.45) is 0 Å². The van der Waals surface area contributed by atoms with Gasteiger partial charge in [0.2, 0.25) is 10.0 Å². The van der Waals surface area contributed by atoms with Crippen LogP contribution in [0, 0.1) is 13.8 Å². The van der Waals surface area contributed by atoms with E-state index >= 15 is 0 Å². The minimum atomic E-state index is -3.85. The molecule has 1 atom stereocenters. The Balaban J connectivity index is 1.58. The van der Waals surface area contributed by atoms with Gasteiger partial charge in [0, 0.05) is 13.1 Å². The molecule has 1 fully saturated rings. The van der Waals surface area contributed by atoms with Crippen LogP contribution < -0.4 is 15.4 Å². The summed E-state index contributed by atoms with van der Waals surface area (Å²) in [6.07, 6.45) is -0.906. The van der Waals surface area contributed by atoms with Gasteiger partial charge in [0.25, 0.3) is 0 Å². The van der Waals surface area contributed by atoms with Crippen molar-refractivity contribution in [2.45, 2.75) is 31.5 Å². The molecule has 1 heterocycles. The normalized spacial score (nSPS) is 16.5. The first-order chi connectivity index (χ1) is 15.2. The Morgan fingerprint density at radius 3 is 2.44 bits per heavy atom. The highest BCUT2D eigenvalue weighted by Gasteiger charge is 2.37. The van der Waals surface area contributed by atoms with Gasteiger partial charge in [-0.25, -0.2) is 8.42 Å². The van der Waals surface area contributed by atoms with Crippen LogP contribution in [0.2, 0.25) is 0 Å². The summed E-state index contributed by atoms with van der Waals surface area (Å²) in [7, 11) is -2.34. The Morgan fingerprint density at radius 2 is 1.78 bits per heavy atom. The molecule has 9 nitrogen and oxygen atoms in total. The molecule has 0 aromatic heterocycles. The van der Waals surface area contributed by atoms with Crippen molar-refractivity contribution in [1.82, 2.24) is 14.9 Å². The highest BCUT2D eigenvalue weighted by molar-refractivity contribution is 7.89. The van der Waals surface area contributed by atoms with Crippen LogP contribution in [0.25, 0.3) is 0 Å². The molecule has 2 aromatic rings. The van der Waals surface area contributed by atoms with Gasteiger partial charge in [-0.2, -0.15) is 4.31 Å². The van der Waals surface area contributed by atoms with E-state index in [9.17, 15) is 18.0 Å². The third kappa shape index (κ3) is 5.45. The number of carbonyl (C=O) groups excluding carboxylic acids is 2. The number of rotatable bonds is 7. The minimum absolute atomic E-state index is 0.105. The Morgan fingerprint density at radius 1 is 1.09 bits per heavy atom. The SMILES string of the molecule is COc1ccc(S(=O)(=O)N2CCOC2CNC(=O)C(=O)NCc2ccc(C)cc2)cc1C. The largest absolute Gasteiger partial charge is 0.496 e. The molecule has 2 amide bonds. The lowest BCUT2D eigenvalue weighted by atomic mass is 10.1. The third-order valence-corrected chi connectivity index (χ3v) is 7.02. The van der Waals surface area contributed by atoms with E-state index in [-0.39, 0.29) is 31.1 Å². The van der Waals surface area contributed by atoms with Gasteiger partial charge in [-0.1, -0.05) is 29.8 Å². The van der Waals surface area contributed by atoms with Crippen molar-refractivity contribution in [1.29, 1.82) is 0 Å². The molecule has 0 aliphatic carbocycles. The topological polar surface area (TPSA) is 114 Å². The van der Waals surface area contributed by atoms with Gasteiger partial charge >= 0.3 is 11.8 Å². The molecule has 1 saturated heterocycles. The van der Waals surface area contributed by atoms with E-state index in [0.717, 1.165) is 11.1 Å². The first-order valence-corrected chi connectivity index (χ1v) is 11.6. The van der Waals surface area contributed by atoms with E-state index in [1.165, 1.54) is 23.5 Å². The number of ether oxygens (including phenoxy) is 2. The van der Waals surface area contributed by atoms with Crippen LogP contribution in [-0.4, -0.2) is 57.6 Å². The number of amides is 2. The van der Waals surface area contributed by atoms with Crippen molar-refractivity contribution in [3.05, 3.63) is 59.2 Å². The zero-order chi connectivity index (χ0) is 23.3. The van der Waals surface area contributed by atoms with Gasteiger partial charge in [0.05, 0.1) is 25.2 Å². The molecular weight excluding hydrogens is 434 g/mol. The monoisotopic (exact) mass is 461 g/mol. The summed E-state index contributed by atoms with van der Waals surface area (Å²) in [6, 6.07) is 12.1. The molecule has 0 spiro atoms. The fourth-order valence-electron chi connectivity index (χ4n) is 3.32. The summed E-state index contributed by atoms with van der Waals surface area (Å²) in [5.74, 6) is -1.07. The van der Waals surface area contributed by atoms with Crippen LogP contribution in [0.3, 0.4) is 0 Å². The number of benzene rings is 2. The Kier molecular flexibility index (Phi) is 7.49. The predicted octanol–water partition coefficient (Wildman–Crippen LogP) is 1.09. The molecule has 3 rings (SSSR count). The Bertz CT molecular complexity index is 1090. The van der Waals surface area contributed by atoms with E-state index in [1.54, 1.807) is 13.0 Å². The molecule has 1 aliphatic heterocycles. The van der Waals surface area contributed by atoms with E-state index < -0.39 is 28.1 Å². The number of nitrogens with one attached hydrogen (secondary N) is 2. The summed E-state index contributed by atoms with van der Waals surface area (Å²) in [6.45, 7) is 4.11. The second kappa shape index (κ2) is 10.1. The molecule has 172 valence electrons. The van der Waals surface area contributed by atoms with Gasteiger partial charge in [-0.3, -0.25) is 9.59 Å². The molecule has 1 aliphatic rings. The van der Waals surface area contributed by atoms with E-state index in [0.29, 0.717) is 11.3 Å². The summed E-state index contributed by atoms with van der Waals surface area (Å²) < 4.78 is 38.0. The van der Waals surface area contributed by atoms with Gasteiger partial charge < -0.3 is 20.1 Å². The number of nitrogens with zero attached hydrogens (tertiary/aromatic N) is 1. The number of sulfonamides is 1. The highest BCUT2D eigenvalue weighted by atomic mass is 32.2. The summed E-state index contributed by atoms with van der Waals surface area (Å²) >= 11 is 0. The third-order valence-electron chi connectivity index (χ3n) is 5.13. The quantitative estimate of drug-likeness (QED) is 0.597. The van der Waals surface area contributed by atoms with Crippen LogP contribution in [-0.2, 0) is 30.9 Å². The first kappa shape index (κ1) is 23.7. The molecule has 0 radical (unpaired) electrons. The van der Waals surface area contributed by atoms with Crippen LogP contribution in [0.4, 0.5) is 0 Å². The minimum Gasteiger partial charge on any atom is -0.496 e. The van der Waals surface area contributed by atoms with Crippen molar-refractivity contribution in [3.8, 4) is 5.75 Å². The molecule has 0 bridgehead atoms. The van der Waals surface area contributed by atoms with Crippen LogP contribution >= 0.6 is 0 Å².